The summed E-state index contributed by atoms with van der Waals surface area (Å²) in [6, 6.07) is 5.67. The Bertz CT molecular complexity index is 392. The van der Waals surface area contributed by atoms with Gasteiger partial charge in [-0.25, -0.2) is 10.8 Å². The first kappa shape index (κ1) is 13.3. The third-order valence-electron chi connectivity index (χ3n) is 1.73. The van der Waals surface area contributed by atoms with Crippen molar-refractivity contribution in [3.8, 4) is 0 Å². The summed E-state index contributed by atoms with van der Waals surface area (Å²) in [5, 5.41) is 3.68. The van der Waals surface area contributed by atoms with Crippen molar-refractivity contribution >= 4 is 39.2 Å². The predicted octanol–water partition coefficient (Wildman–Crippen LogP) is 2.74. The van der Waals surface area contributed by atoms with E-state index < -0.39 is 0 Å². The van der Waals surface area contributed by atoms with Gasteiger partial charge in [-0.3, -0.25) is 5.43 Å². The Morgan fingerprint density at radius 1 is 1.50 bits per heavy atom. The van der Waals surface area contributed by atoms with E-state index in [0.29, 0.717) is 11.0 Å². The smallest absolute Gasteiger partial charge is 0.210 e. The van der Waals surface area contributed by atoms with Crippen LogP contribution in [0.5, 0.6) is 0 Å². The maximum Gasteiger partial charge on any atom is 0.210 e. The van der Waals surface area contributed by atoms with Crippen molar-refractivity contribution in [3.05, 3.63) is 27.7 Å². The number of hydrazine groups is 1. The number of nitrogens with zero attached hydrogens (tertiary/aromatic N) is 1. The second kappa shape index (κ2) is 6.08. The van der Waals surface area contributed by atoms with Gasteiger partial charge in [-0.15, -0.1) is 0 Å². The van der Waals surface area contributed by atoms with E-state index >= 15 is 0 Å². The van der Waals surface area contributed by atoms with Gasteiger partial charge in [-0.05, 0) is 41.9 Å². The molecule has 16 heavy (non-hydrogen) atoms. The van der Waals surface area contributed by atoms with Gasteiger partial charge in [0, 0.05) is 6.04 Å². The minimum atomic E-state index is 0.150. The maximum absolute atomic E-state index is 5.97. The number of halogens is 2. The van der Waals surface area contributed by atoms with E-state index in [2.05, 4.69) is 31.7 Å². The first-order valence-corrected chi connectivity index (χ1v) is 5.97. The molecule has 0 saturated carbocycles. The molecule has 0 unspecified atom stereocenters. The van der Waals surface area contributed by atoms with Crippen molar-refractivity contribution in [2.75, 3.05) is 5.32 Å². The molecule has 0 bridgehead atoms. The average molecular weight is 306 g/mol. The average Bonchev–Trinajstić information content (AvgIpc) is 2.23. The lowest BCUT2D eigenvalue weighted by Crippen LogP contribution is -2.37. The second-order valence-electron chi connectivity index (χ2n) is 3.44. The maximum atomic E-state index is 5.97. The normalized spacial score (nSPS) is 11.8. The molecule has 6 heteroatoms. The second-order valence-corrected chi connectivity index (χ2v) is 4.64. The van der Waals surface area contributed by atoms with Crippen LogP contribution in [-0.2, 0) is 0 Å². The topological polar surface area (TPSA) is 62.4 Å². The highest BCUT2D eigenvalue weighted by molar-refractivity contribution is 9.10. The van der Waals surface area contributed by atoms with Crippen LogP contribution >= 0.6 is 27.5 Å². The minimum absolute atomic E-state index is 0.150. The number of benzene rings is 1. The number of rotatable bonds is 2. The Kier molecular flexibility index (Phi) is 5.05. The van der Waals surface area contributed by atoms with Crippen molar-refractivity contribution in [3.63, 3.8) is 0 Å². The molecule has 0 atom stereocenters. The van der Waals surface area contributed by atoms with Gasteiger partial charge in [-0.1, -0.05) is 17.7 Å². The van der Waals surface area contributed by atoms with Gasteiger partial charge in [0.25, 0.3) is 0 Å². The molecular weight excluding hydrogens is 291 g/mol. The number of nitrogens with one attached hydrogen (secondary N) is 2. The Labute approximate surface area is 108 Å². The van der Waals surface area contributed by atoms with Crippen molar-refractivity contribution in [1.82, 2.24) is 5.43 Å². The van der Waals surface area contributed by atoms with E-state index in [0.717, 1.165) is 10.2 Å². The highest BCUT2D eigenvalue weighted by Crippen LogP contribution is 2.29. The minimum Gasteiger partial charge on any atom is -0.324 e. The van der Waals surface area contributed by atoms with E-state index in [1.165, 1.54) is 0 Å². The predicted molar refractivity (Wildman–Crippen MR) is 72.7 cm³/mol. The number of hydrogen-bond acceptors (Lipinski definition) is 2. The van der Waals surface area contributed by atoms with Crippen LogP contribution in [0.3, 0.4) is 0 Å². The van der Waals surface area contributed by atoms with E-state index in [4.69, 9.17) is 17.4 Å². The zero-order chi connectivity index (χ0) is 12.1. The molecule has 4 N–H and O–H groups in total. The van der Waals surface area contributed by atoms with Gasteiger partial charge in [0.2, 0.25) is 5.96 Å². The molecule has 88 valence electrons. The molecule has 1 rings (SSSR count). The van der Waals surface area contributed by atoms with Crippen LogP contribution in [0.2, 0.25) is 5.02 Å². The molecule has 1 aromatic rings. The molecule has 0 amide bonds. The molecule has 0 aliphatic carbocycles. The van der Waals surface area contributed by atoms with Crippen molar-refractivity contribution in [2.45, 2.75) is 19.9 Å². The van der Waals surface area contributed by atoms with Gasteiger partial charge >= 0.3 is 0 Å². The lowest BCUT2D eigenvalue weighted by molar-refractivity contribution is 0.819. The molecule has 0 heterocycles. The van der Waals surface area contributed by atoms with Gasteiger partial charge in [-0.2, -0.15) is 0 Å². The number of aliphatic imine (C=N–C) groups is 1. The molecule has 1 aromatic carbocycles. The van der Waals surface area contributed by atoms with E-state index in [1.807, 2.05) is 26.0 Å². The molecule has 0 spiro atoms. The molecule has 0 saturated heterocycles. The van der Waals surface area contributed by atoms with Gasteiger partial charge in [0.05, 0.1) is 15.2 Å². The van der Waals surface area contributed by atoms with Crippen LogP contribution in [0.1, 0.15) is 13.8 Å². The summed E-state index contributed by atoms with van der Waals surface area (Å²) in [5.74, 6) is 5.86. The fraction of sp³-hybridized carbons (Fsp3) is 0.300. The van der Waals surface area contributed by atoms with Gasteiger partial charge in [0.15, 0.2) is 0 Å². The summed E-state index contributed by atoms with van der Waals surface area (Å²) < 4.78 is 0.781. The van der Waals surface area contributed by atoms with Crippen LogP contribution in [0, 0.1) is 0 Å². The molecule has 0 fully saturated rings. The number of guanidine groups is 1. The van der Waals surface area contributed by atoms with Gasteiger partial charge in [0.1, 0.15) is 0 Å². The summed E-state index contributed by atoms with van der Waals surface area (Å²) >= 11 is 9.35. The SMILES string of the molecule is CC(C)N=C(NN)Nc1cccc(Cl)c1Br. The number of nitrogens with two attached hydrogens (primary N) is 1. The Balaban J connectivity index is 2.91. The molecular formula is C10H14BrClN4. The summed E-state index contributed by atoms with van der Waals surface area (Å²) in [7, 11) is 0. The van der Waals surface area contributed by atoms with Crippen molar-refractivity contribution < 1.29 is 0 Å². The molecule has 0 radical (unpaired) electrons. The van der Waals surface area contributed by atoms with Crippen LogP contribution in [0.4, 0.5) is 5.69 Å². The van der Waals surface area contributed by atoms with Crippen LogP contribution in [0.25, 0.3) is 0 Å². The van der Waals surface area contributed by atoms with Gasteiger partial charge < -0.3 is 5.32 Å². The Morgan fingerprint density at radius 3 is 2.75 bits per heavy atom. The number of anilines is 1. The van der Waals surface area contributed by atoms with E-state index in [9.17, 15) is 0 Å². The fourth-order valence-corrected chi connectivity index (χ4v) is 1.63. The Morgan fingerprint density at radius 2 is 2.19 bits per heavy atom. The third-order valence-corrected chi connectivity index (χ3v) is 3.13. The first-order chi connectivity index (χ1) is 7.54. The standard InChI is InChI=1S/C10H14BrClN4/c1-6(2)14-10(16-13)15-8-5-3-4-7(12)9(8)11/h3-6H,13H2,1-2H3,(H2,14,15,16). The quantitative estimate of drug-likeness (QED) is 0.341. The van der Waals surface area contributed by atoms with E-state index in [1.54, 1.807) is 6.07 Å². The van der Waals surface area contributed by atoms with Crippen LogP contribution in [-0.4, -0.2) is 12.0 Å². The summed E-state index contributed by atoms with van der Waals surface area (Å²) in [6.45, 7) is 3.93. The van der Waals surface area contributed by atoms with Crippen LogP contribution < -0.4 is 16.6 Å². The lowest BCUT2D eigenvalue weighted by atomic mass is 10.3. The zero-order valence-corrected chi connectivity index (χ0v) is 11.4. The van der Waals surface area contributed by atoms with Crippen molar-refractivity contribution in [2.24, 2.45) is 10.8 Å². The largest absolute Gasteiger partial charge is 0.324 e. The fourth-order valence-electron chi connectivity index (χ4n) is 1.09. The zero-order valence-electron chi connectivity index (χ0n) is 9.09. The monoisotopic (exact) mass is 304 g/mol. The first-order valence-electron chi connectivity index (χ1n) is 4.80. The number of hydrogen-bond donors (Lipinski definition) is 3. The summed E-state index contributed by atoms with van der Waals surface area (Å²) in [4.78, 5) is 4.27. The molecule has 0 aromatic heterocycles. The van der Waals surface area contributed by atoms with Crippen molar-refractivity contribution in [1.29, 1.82) is 0 Å². The molecule has 0 aliphatic rings. The Hall–Kier alpha value is -0.780. The highest BCUT2D eigenvalue weighted by Gasteiger charge is 2.05. The molecule has 0 aliphatic heterocycles. The molecule has 4 nitrogen and oxygen atoms in total. The highest BCUT2D eigenvalue weighted by atomic mass is 79.9. The van der Waals surface area contributed by atoms with Crippen LogP contribution in [0.15, 0.2) is 27.7 Å². The summed E-state index contributed by atoms with van der Waals surface area (Å²) in [6.07, 6.45) is 0. The van der Waals surface area contributed by atoms with E-state index in [-0.39, 0.29) is 6.04 Å². The lowest BCUT2D eigenvalue weighted by Gasteiger charge is -2.12. The third kappa shape index (κ3) is 3.66. The summed E-state index contributed by atoms with van der Waals surface area (Å²) in [5.41, 5.74) is 3.31.